The van der Waals surface area contributed by atoms with Crippen LogP contribution >= 0.6 is 11.6 Å². The van der Waals surface area contributed by atoms with Crippen molar-refractivity contribution in [1.29, 1.82) is 0 Å². The number of pyridine rings is 1. The zero-order valence-electron chi connectivity index (χ0n) is 13.3. The number of amides is 1. The van der Waals surface area contributed by atoms with Gasteiger partial charge in [-0.2, -0.15) is 13.2 Å². The quantitative estimate of drug-likeness (QED) is 0.749. The summed E-state index contributed by atoms with van der Waals surface area (Å²) in [5, 5.41) is 2.68. The number of nitrogens with zero attached hydrogens (tertiary/aromatic N) is 2. The van der Waals surface area contributed by atoms with E-state index in [9.17, 15) is 18.0 Å². The first-order valence-electron chi connectivity index (χ1n) is 7.82. The van der Waals surface area contributed by atoms with Crippen molar-refractivity contribution in [3.05, 3.63) is 34.7 Å². The van der Waals surface area contributed by atoms with E-state index in [1.165, 1.54) is 10.6 Å². The molecule has 0 spiro atoms. The standard InChI is InChI=1S/C16H19ClF3N3O/c1-2-3-4-5-6-21-14(24)8-12-10-23-9-11(16(18,19)20)7-13(17)15(23)22-12/h7,9-10H,2-6,8H2,1H3,(H,21,24). The van der Waals surface area contributed by atoms with Gasteiger partial charge in [0.2, 0.25) is 5.91 Å². The number of fused-ring (bicyclic) bond motifs is 1. The third kappa shape index (κ3) is 4.87. The Hall–Kier alpha value is -1.76. The first kappa shape index (κ1) is 18.6. The fourth-order valence-corrected chi connectivity index (χ4v) is 2.61. The first-order chi connectivity index (χ1) is 11.3. The Morgan fingerprint density at radius 2 is 2.04 bits per heavy atom. The molecule has 1 N–H and O–H groups in total. The molecule has 8 heteroatoms. The van der Waals surface area contributed by atoms with E-state index in [2.05, 4.69) is 17.2 Å². The molecule has 0 aliphatic rings. The SMILES string of the molecule is CCCCCCNC(=O)Cc1cn2cc(C(F)(F)F)cc(Cl)c2n1. The summed E-state index contributed by atoms with van der Waals surface area (Å²) in [7, 11) is 0. The van der Waals surface area contributed by atoms with Crippen LogP contribution in [0.3, 0.4) is 0 Å². The zero-order chi connectivity index (χ0) is 17.7. The number of halogens is 4. The second-order valence-corrected chi connectivity index (χ2v) is 6.03. The smallest absolute Gasteiger partial charge is 0.356 e. The number of imidazole rings is 1. The van der Waals surface area contributed by atoms with Crippen molar-refractivity contribution in [1.82, 2.24) is 14.7 Å². The number of nitrogens with one attached hydrogen (secondary N) is 1. The van der Waals surface area contributed by atoms with Crippen LogP contribution in [0.1, 0.15) is 43.9 Å². The molecule has 2 heterocycles. The van der Waals surface area contributed by atoms with Crippen LogP contribution in [0.25, 0.3) is 5.65 Å². The number of alkyl halides is 3. The number of rotatable bonds is 7. The fourth-order valence-electron chi connectivity index (χ4n) is 2.35. The molecule has 2 aromatic rings. The number of unbranched alkanes of at least 4 members (excludes halogenated alkanes) is 3. The van der Waals surface area contributed by atoms with Gasteiger partial charge in [-0.25, -0.2) is 4.98 Å². The summed E-state index contributed by atoms with van der Waals surface area (Å²) < 4.78 is 39.6. The number of carbonyl (C=O) groups is 1. The Balaban J connectivity index is 2.03. The molecule has 0 atom stereocenters. The van der Waals surface area contributed by atoms with Crippen LogP contribution in [-0.2, 0) is 17.4 Å². The minimum absolute atomic E-state index is 0.00708. The van der Waals surface area contributed by atoms with E-state index in [-0.39, 0.29) is 23.0 Å². The highest BCUT2D eigenvalue weighted by Gasteiger charge is 2.31. The molecule has 0 aliphatic heterocycles. The second kappa shape index (κ2) is 7.88. The Kier molecular flexibility index (Phi) is 6.10. The van der Waals surface area contributed by atoms with Crippen LogP contribution in [0.5, 0.6) is 0 Å². The van der Waals surface area contributed by atoms with Gasteiger partial charge in [-0.15, -0.1) is 0 Å². The molecule has 0 saturated heterocycles. The third-order valence-electron chi connectivity index (χ3n) is 3.58. The average molecular weight is 362 g/mol. The van der Waals surface area contributed by atoms with Crippen LogP contribution in [0, 0.1) is 0 Å². The highest BCUT2D eigenvalue weighted by molar-refractivity contribution is 6.33. The highest BCUT2D eigenvalue weighted by Crippen LogP contribution is 2.32. The van der Waals surface area contributed by atoms with Gasteiger partial charge in [0.1, 0.15) is 0 Å². The highest BCUT2D eigenvalue weighted by atomic mass is 35.5. The summed E-state index contributed by atoms with van der Waals surface area (Å²) >= 11 is 5.87. The first-order valence-corrected chi connectivity index (χ1v) is 8.20. The Labute approximate surface area is 143 Å². The molecular weight excluding hydrogens is 343 g/mol. The van der Waals surface area contributed by atoms with Gasteiger partial charge in [0, 0.05) is 18.9 Å². The maximum Gasteiger partial charge on any atom is 0.417 e. The van der Waals surface area contributed by atoms with Crippen molar-refractivity contribution in [3.63, 3.8) is 0 Å². The van der Waals surface area contributed by atoms with E-state index in [1.54, 1.807) is 0 Å². The largest absolute Gasteiger partial charge is 0.417 e. The molecule has 0 fully saturated rings. The second-order valence-electron chi connectivity index (χ2n) is 5.62. The molecule has 0 aliphatic carbocycles. The Morgan fingerprint density at radius 3 is 2.71 bits per heavy atom. The van der Waals surface area contributed by atoms with Crippen molar-refractivity contribution < 1.29 is 18.0 Å². The minimum atomic E-state index is -4.49. The predicted molar refractivity (Wildman–Crippen MR) is 86.1 cm³/mol. The van der Waals surface area contributed by atoms with Crippen LogP contribution in [0.2, 0.25) is 5.02 Å². The van der Waals surface area contributed by atoms with Crippen molar-refractivity contribution >= 4 is 23.2 Å². The minimum Gasteiger partial charge on any atom is -0.356 e. The van der Waals surface area contributed by atoms with Crippen molar-refractivity contribution in [2.75, 3.05) is 6.54 Å². The monoisotopic (exact) mass is 361 g/mol. The van der Waals surface area contributed by atoms with Crippen LogP contribution in [0.15, 0.2) is 18.5 Å². The van der Waals surface area contributed by atoms with E-state index in [0.29, 0.717) is 12.2 Å². The lowest BCUT2D eigenvalue weighted by Gasteiger charge is -2.07. The van der Waals surface area contributed by atoms with Gasteiger partial charge in [0.15, 0.2) is 5.65 Å². The lowest BCUT2D eigenvalue weighted by molar-refractivity contribution is -0.137. The van der Waals surface area contributed by atoms with Gasteiger partial charge in [-0.1, -0.05) is 37.8 Å². The van der Waals surface area contributed by atoms with Gasteiger partial charge in [-0.05, 0) is 12.5 Å². The van der Waals surface area contributed by atoms with E-state index in [1.807, 2.05) is 0 Å². The lowest BCUT2D eigenvalue weighted by atomic mass is 10.2. The van der Waals surface area contributed by atoms with Crippen LogP contribution in [-0.4, -0.2) is 21.8 Å². The molecule has 0 unspecified atom stereocenters. The number of aromatic nitrogens is 2. The Bertz CT molecular complexity index is 712. The number of hydrogen-bond donors (Lipinski definition) is 1. The van der Waals surface area contributed by atoms with Gasteiger partial charge >= 0.3 is 6.18 Å². The average Bonchev–Trinajstić information content (AvgIpc) is 2.89. The van der Waals surface area contributed by atoms with Crippen molar-refractivity contribution in [2.45, 2.75) is 45.2 Å². The van der Waals surface area contributed by atoms with Crippen LogP contribution < -0.4 is 5.32 Å². The van der Waals surface area contributed by atoms with Crippen molar-refractivity contribution in [3.8, 4) is 0 Å². The molecule has 1 amide bonds. The normalized spacial score (nSPS) is 11.9. The summed E-state index contributed by atoms with van der Waals surface area (Å²) in [5.41, 5.74) is -0.276. The molecule has 0 saturated carbocycles. The van der Waals surface area contributed by atoms with Gasteiger partial charge in [0.25, 0.3) is 0 Å². The van der Waals surface area contributed by atoms with E-state index >= 15 is 0 Å². The van der Waals surface area contributed by atoms with Gasteiger partial charge in [-0.3, -0.25) is 4.79 Å². The van der Waals surface area contributed by atoms with Crippen molar-refractivity contribution in [2.24, 2.45) is 0 Å². The van der Waals surface area contributed by atoms with E-state index in [4.69, 9.17) is 11.6 Å². The molecular formula is C16H19ClF3N3O. The molecule has 2 rings (SSSR count). The molecule has 24 heavy (non-hydrogen) atoms. The molecule has 0 bridgehead atoms. The maximum atomic E-state index is 12.8. The van der Waals surface area contributed by atoms with E-state index < -0.39 is 11.7 Å². The molecule has 0 radical (unpaired) electrons. The van der Waals surface area contributed by atoms with E-state index in [0.717, 1.165) is 37.9 Å². The zero-order valence-corrected chi connectivity index (χ0v) is 14.0. The summed E-state index contributed by atoms with van der Waals surface area (Å²) in [6, 6.07) is 0.835. The summed E-state index contributed by atoms with van der Waals surface area (Å²) in [4.78, 5) is 16.0. The number of hydrogen-bond acceptors (Lipinski definition) is 2. The maximum absolute atomic E-state index is 12.8. The summed E-state index contributed by atoms with van der Waals surface area (Å²) in [5.74, 6) is -0.206. The summed E-state index contributed by atoms with van der Waals surface area (Å²) in [6.45, 7) is 2.70. The lowest BCUT2D eigenvalue weighted by Crippen LogP contribution is -2.26. The fraction of sp³-hybridized carbons (Fsp3) is 0.500. The molecule has 0 aromatic carbocycles. The Morgan fingerprint density at radius 1 is 1.29 bits per heavy atom. The third-order valence-corrected chi connectivity index (χ3v) is 3.86. The summed E-state index contributed by atoms with van der Waals surface area (Å²) in [6.07, 6.45) is 2.05. The van der Waals surface area contributed by atoms with Crippen LogP contribution in [0.4, 0.5) is 13.2 Å². The molecule has 4 nitrogen and oxygen atoms in total. The topological polar surface area (TPSA) is 46.4 Å². The molecule has 2 aromatic heterocycles. The predicted octanol–water partition coefficient (Wildman–Crippen LogP) is 4.25. The van der Waals surface area contributed by atoms with Gasteiger partial charge < -0.3 is 9.72 Å². The molecule has 132 valence electrons. The van der Waals surface area contributed by atoms with Gasteiger partial charge in [0.05, 0.1) is 22.7 Å². The number of carbonyl (C=O) groups excluding carboxylic acids is 1.